The molecule has 0 atom stereocenters. The van der Waals surface area contributed by atoms with Crippen molar-refractivity contribution < 1.29 is 23.4 Å². The van der Waals surface area contributed by atoms with Crippen molar-refractivity contribution in [2.75, 3.05) is 39.1 Å². The second-order valence-electron chi connectivity index (χ2n) is 7.06. The monoisotopic (exact) mass is 448 g/mol. The van der Waals surface area contributed by atoms with E-state index in [0.29, 0.717) is 34.2 Å². The summed E-state index contributed by atoms with van der Waals surface area (Å²) >= 11 is 0. The number of rotatable bonds is 8. The van der Waals surface area contributed by atoms with Gasteiger partial charge in [0.2, 0.25) is 5.75 Å². The Bertz CT molecular complexity index is 1310. The molecular formula is C25H24N2O6. The zero-order chi connectivity index (χ0) is 23.4. The number of methoxy groups -OCH3 is 4. The molecular weight excluding hydrogens is 424 g/mol. The van der Waals surface area contributed by atoms with Crippen LogP contribution in [0.4, 0.5) is 22.7 Å². The van der Waals surface area contributed by atoms with Crippen LogP contribution in [0.3, 0.4) is 0 Å². The summed E-state index contributed by atoms with van der Waals surface area (Å²) < 4.78 is 27.0. The van der Waals surface area contributed by atoms with Gasteiger partial charge in [-0.1, -0.05) is 6.07 Å². The molecule has 4 rings (SSSR count). The Labute approximate surface area is 190 Å². The first-order valence-corrected chi connectivity index (χ1v) is 10.1. The third kappa shape index (κ3) is 4.50. The fourth-order valence-electron chi connectivity index (χ4n) is 3.47. The molecule has 0 amide bonds. The summed E-state index contributed by atoms with van der Waals surface area (Å²) in [5.41, 5.74) is 2.49. The van der Waals surface area contributed by atoms with Gasteiger partial charge >= 0.3 is 5.63 Å². The van der Waals surface area contributed by atoms with E-state index in [9.17, 15) is 4.79 Å². The van der Waals surface area contributed by atoms with Crippen LogP contribution in [0.1, 0.15) is 0 Å². The number of hydrogen-bond acceptors (Lipinski definition) is 8. The summed E-state index contributed by atoms with van der Waals surface area (Å²) in [5, 5.41) is 7.19. The molecule has 3 aromatic carbocycles. The van der Waals surface area contributed by atoms with Crippen LogP contribution in [0.2, 0.25) is 0 Å². The topological polar surface area (TPSA) is 91.2 Å². The van der Waals surface area contributed by atoms with Crippen molar-refractivity contribution >= 4 is 33.7 Å². The molecule has 4 aromatic rings. The summed E-state index contributed by atoms with van der Waals surface area (Å²) in [6.45, 7) is 0. The Hall–Kier alpha value is -4.33. The Kier molecular flexibility index (Phi) is 6.26. The summed E-state index contributed by atoms with van der Waals surface area (Å²) in [5.74, 6) is 2.27. The molecule has 8 heteroatoms. The van der Waals surface area contributed by atoms with E-state index in [0.717, 1.165) is 22.5 Å². The molecule has 8 nitrogen and oxygen atoms in total. The van der Waals surface area contributed by atoms with Crippen molar-refractivity contribution in [3.63, 3.8) is 0 Å². The van der Waals surface area contributed by atoms with Gasteiger partial charge in [-0.15, -0.1) is 0 Å². The van der Waals surface area contributed by atoms with Crippen molar-refractivity contribution in [2.24, 2.45) is 0 Å². The minimum Gasteiger partial charge on any atom is -0.497 e. The average molecular weight is 448 g/mol. The number of benzene rings is 3. The largest absolute Gasteiger partial charge is 0.497 e. The maximum atomic E-state index is 12.5. The predicted molar refractivity (Wildman–Crippen MR) is 128 cm³/mol. The zero-order valence-corrected chi connectivity index (χ0v) is 18.7. The number of hydrogen-bond donors (Lipinski definition) is 2. The molecule has 0 aliphatic rings. The number of ether oxygens (including phenoxy) is 4. The molecule has 0 saturated carbocycles. The van der Waals surface area contributed by atoms with Gasteiger partial charge in [0, 0.05) is 34.6 Å². The number of fused-ring (bicyclic) bond motifs is 1. The van der Waals surface area contributed by atoms with Crippen molar-refractivity contribution in [3.8, 4) is 23.0 Å². The first-order chi connectivity index (χ1) is 16.1. The van der Waals surface area contributed by atoms with Crippen LogP contribution in [0.5, 0.6) is 23.0 Å². The van der Waals surface area contributed by atoms with Gasteiger partial charge in [-0.2, -0.15) is 0 Å². The fourth-order valence-corrected chi connectivity index (χ4v) is 3.47. The van der Waals surface area contributed by atoms with Gasteiger partial charge in [0.05, 0.1) is 28.4 Å². The van der Waals surface area contributed by atoms with E-state index >= 15 is 0 Å². The van der Waals surface area contributed by atoms with E-state index in [1.54, 1.807) is 52.7 Å². The highest BCUT2D eigenvalue weighted by Crippen LogP contribution is 2.41. The summed E-state index contributed by atoms with van der Waals surface area (Å²) in [6, 6.07) is 18.1. The zero-order valence-electron chi connectivity index (χ0n) is 18.7. The Morgan fingerprint density at radius 3 is 1.97 bits per heavy atom. The molecule has 0 bridgehead atoms. The molecule has 170 valence electrons. The molecule has 0 saturated heterocycles. The SMILES string of the molecule is COc1ccc(Nc2cc3c(Nc4cc(OC)c(OC)c(OC)c4)cccc3oc2=O)cc1. The molecule has 0 fully saturated rings. The highest BCUT2D eigenvalue weighted by molar-refractivity contribution is 5.94. The molecule has 0 unspecified atom stereocenters. The summed E-state index contributed by atoms with van der Waals surface area (Å²) in [4.78, 5) is 12.5. The van der Waals surface area contributed by atoms with Crippen molar-refractivity contribution in [1.29, 1.82) is 0 Å². The van der Waals surface area contributed by atoms with Crippen LogP contribution in [0.15, 0.2) is 69.9 Å². The van der Waals surface area contributed by atoms with Crippen LogP contribution < -0.4 is 35.2 Å². The fraction of sp³-hybridized carbons (Fsp3) is 0.160. The van der Waals surface area contributed by atoms with Gasteiger partial charge < -0.3 is 34.0 Å². The minimum absolute atomic E-state index is 0.312. The van der Waals surface area contributed by atoms with Crippen LogP contribution in [0.25, 0.3) is 11.0 Å². The van der Waals surface area contributed by atoms with Crippen LogP contribution >= 0.6 is 0 Å². The molecule has 33 heavy (non-hydrogen) atoms. The maximum absolute atomic E-state index is 12.5. The van der Waals surface area contributed by atoms with E-state index in [2.05, 4.69) is 10.6 Å². The van der Waals surface area contributed by atoms with Gasteiger partial charge in [-0.05, 0) is 42.5 Å². The first kappa shape index (κ1) is 21.9. The summed E-state index contributed by atoms with van der Waals surface area (Å²) in [7, 11) is 6.27. The molecule has 0 aliphatic heterocycles. The Balaban J connectivity index is 1.73. The van der Waals surface area contributed by atoms with Gasteiger partial charge in [-0.3, -0.25) is 0 Å². The third-order valence-corrected chi connectivity index (χ3v) is 5.09. The minimum atomic E-state index is -0.469. The molecule has 2 N–H and O–H groups in total. The third-order valence-electron chi connectivity index (χ3n) is 5.09. The van der Waals surface area contributed by atoms with Crippen LogP contribution in [0, 0.1) is 0 Å². The lowest BCUT2D eigenvalue weighted by atomic mass is 10.1. The van der Waals surface area contributed by atoms with Gasteiger partial charge in [0.1, 0.15) is 17.0 Å². The molecule has 1 aromatic heterocycles. The van der Waals surface area contributed by atoms with E-state index in [4.69, 9.17) is 23.4 Å². The van der Waals surface area contributed by atoms with Crippen molar-refractivity contribution in [1.82, 2.24) is 0 Å². The smallest absolute Gasteiger partial charge is 0.360 e. The Morgan fingerprint density at radius 1 is 0.697 bits per heavy atom. The van der Waals surface area contributed by atoms with Crippen molar-refractivity contribution in [2.45, 2.75) is 0 Å². The van der Waals surface area contributed by atoms with E-state index in [-0.39, 0.29) is 0 Å². The van der Waals surface area contributed by atoms with Crippen molar-refractivity contribution in [3.05, 3.63) is 71.1 Å². The van der Waals surface area contributed by atoms with Gasteiger partial charge in [0.25, 0.3) is 0 Å². The molecule has 0 spiro atoms. The molecule has 1 heterocycles. The molecule has 0 aliphatic carbocycles. The standard InChI is InChI=1S/C25H24N2O6/c1-29-17-10-8-15(9-11-17)26-20-14-18-19(6-5-7-21(18)33-25(20)28)27-16-12-22(30-2)24(32-4)23(13-16)31-3/h5-14,26-27H,1-4H3. The lowest BCUT2D eigenvalue weighted by Gasteiger charge is -2.16. The highest BCUT2D eigenvalue weighted by atomic mass is 16.5. The second kappa shape index (κ2) is 9.44. The number of anilines is 4. The normalized spacial score (nSPS) is 10.5. The lowest BCUT2D eigenvalue weighted by Crippen LogP contribution is -2.07. The average Bonchev–Trinajstić information content (AvgIpc) is 2.84. The molecule has 0 radical (unpaired) electrons. The summed E-state index contributed by atoms with van der Waals surface area (Å²) in [6.07, 6.45) is 0. The number of nitrogens with one attached hydrogen (secondary N) is 2. The van der Waals surface area contributed by atoms with E-state index in [1.807, 2.05) is 36.4 Å². The highest BCUT2D eigenvalue weighted by Gasteiger charge is 2.15. The van der Waals surface area contributed by atoms with Gasteiger partial charge in [-0.25, -0.2) is 4.79 Å². The van der Waals surface area contributed by atoms with E-state index in [1.165, 1.54) is 0 Å². The second-order valence-corrected chi connectivity index (χ2v) is 7.06. The van der Waals surface area contributed by atoms with Crippen LogP contribution in [-0.4, -0.2) is 28.4 Å². The quantitative estimate of drug-likeness (QED) is 0.350. The Morgan fingerprint density at radius 2 is 1.36 bits per heavy atom. The maximum Gasteiger partial charge on any atom is 0.360 e. The van der Waals surface area contributed by atoms with E-state index < -0.39 is 5.63 Å². The first-order valence-electron chi connectivity index (χ1n) is 10.1. The lowest BCUT2D eigenvalue weighted by molar-refractivity contribution is 0.324. The van der Waals surface area contributed by atoms with Gasteiger partial charge in [0.15, 0.2) is 11.5 Å². The predicted octanol–water partition coefficient (Wildman–Crippen LogP) is 5.31. The van der Waals surface area contributed by atoms with Crippen LogP contribution in [-0.2, 0) is 0 Å².